The van der Waals surface area contributed by atoms with Crippen LogP contribution in [0.4, 0.5) is 0 Å². The van der Waals surface area contributed by atoms with Gasteiger partial charge in [-0.2, -0.15) is 0 Å². The quantitative estimate of drug-likeness (QED) is 0.687. The maximum Gasteiger partial charge on any atom is 0.253 e. The first-order valence-corrected chi connectivity index (χ1v) is 8.64. The molecule has 2 aromatic carbocycles. The molecule has 0 bridgehead atoms. The van der Waals surface area contributed by atoms with Gasteiger partial charge in [0.1, 0.15) is 0 Å². The van der Waals surface area contributed by atoms with Crippen molar-refractivity contribution in [3.05, 3.63) is 90.3 Å². The van der Waals surface area contributed by atoms with Gasteiger partial charge in [0.2, 0.25) is 5.91 Å². The number of pyridine rings is 1. The van der Waals surface area contributed by atoms with Crippen LogP contribution < -0.4 is 5.32 Å². The molecule has 1 heterocycles. The normalized spacial score (nSPS) is 10.4. The Bertz CT molecular complexity index is 980. The van der Waals surface area contributed by atoms with Gasteiger partial charge in [0.25, 0.3) is 5.91 Å². The van der Waals surface area contributed by atoms with Crippen LogP contribution in [0.25, 0.3) is 10.8 Å². The Morgan fingerprint density at radius 3 is 2.56 bits per heavy atom. The lowest BCUT2D eigenvalue weighted by molar-refractivity contribution is -0.116. The minimum atomic E-state index is -0.221. The van der Waals surface area contributed by atoms with E-state index < -0.39 is 0 Å². The first-order chi connectivity index (χ1) is 13.1. The molecule has 5 nitrogen and oxygen atoms in total. The van der Waals surface area contributed by atoms with E-state index in [-0.39, 0.29) is 11.8 Å². The first kappa shape index (κ1) is 18.3. The van der Waals surface area contributed by atoms with E-state index in [1.807, 2.05) is 36.5 Å². The third-order valence-corrected chi connectivity index (χ3v) is 4.32. The van der Waals surface area contributed by atoms with E-state index in [1.54, 1.807) is 30.3 Å². The Morgan fingerprint density at radius 2 is 1.81 bits per heavy atom. The van der Waals surface area contributed by atoms with Crippen molar-refractivity contribution in [1.29, 1.82) is 0 Å². The highest BCUT2D eigenvalue weighted by Crippen LogP contribution is 2.16. The van der Waals surface area contributed by atoms with E-state index in [0.29, 0.717) is 18.7 Å². The average Bonchev–Trinajstić information content (AvgIpc) is 2.71. The molecule has 0 saturated heterocycles. The molecule has 0 aliphatic rings. The molecule has 3 aromatic rings. The van der Waals surface area contributed by atoms with Gasteiger partial charge in [0, 0.05) is 43.5 Å². The number of hydrogen-bond acceptors (Lipinski definition) is 3. The molecule has 1 aromatic heterocycles. The van der Waals surface area contributed by atoms with Crippen LogP contribution in [0.5, 0.6) is 0 Å². The molecular formula is C22H21N3O2. The molecule has 136 valence electrons. The molecule has 0 radical (unpaired) electrons. The van der Waals surface area contributed by atoms with Crippen molar-refractivity contribution >= 4 is 22.6 Å². The lowest BCUT2D eigenvalue weighted by Crippen LogP contribution is -2.26. The second-order valence-electron chi connectivity index (χ2n) is 6.34. The number of nitrogens with zero attached hydrogens (tertiary/aromatic N) is 2. The summed E-state index contributed by atoms with van der Waals surface area (Å²) in [4.78, 5) is 29.7. The molecule has 0 saturated carbocycles. The Labute approximate surface area is 158 Å². The first-order valence-electron chi connectivity index (χ1n) is 8.64. The fourth-order valence-electron chi connectivity index (χ4n) is 2.82. The molecule has 3 rings (SSSR count). The number of rotatable bonds is 6. The van der Waals surface area contributed by atoms with Crippen LogP contribution in [0, 0.1) is 0 Å². The summed E-state index contributed by atoms with van der Waals surface area (Å²) in [5, 5.41) is 4.89. The van der Waals surface area contributed by atoms with Crippen LogP contribution in [-0.4, -0.2) is 28.7 Å². The van der Waals surface area contributed by atoms with Gasteiger partial charge in [0.05, 0.1) is 0 Å². The van der Waals surface area contributed by atoms with Gasteiger partial charge < -0.3 is 10.2 Å². The monoisotopic (exact) mass is 359 g/mol. The van der Waals surface area contributed by atoms with Gasteiger partial charge in [-0.1, -0.05) is 30.8 Å². The summed E-state index contributed by atoms with van der Waals surface area (Å²) in [6, 6.07) is 15.3. The molecule has 0 fully saturated rings. The second-order valence-corrected chi connectivity index (χ2v) is 6.34. The van der Waals surface area contributed by atoms with Gasteiger partial charge in [0.15, 0.2) is 0 Å². The zero-order valence-corrected chi connectivity index (χ0v) is 15.2. The van der Waals surface area contributed by atoms with Crippen molar-refractivity contribution < 1.29 is 9.59 Å². The maximum atomic E-state index is 12.7. The van der Waals surface area contributed by atoms with Crippen molar-refractivity contribution in [2.45, 2.75) is 13.1 Å². The average molecular weight is 359 g/mol. The molecule has 5 heteroatoms. The van der Waals surface area contributed by atoms with Gasteiger partial charge in [-0.15, -0.1) is 0 Å². The van der Waals surface area contributed by atoms with Gasteiger partial charge in [-0.05, 0) is 46.9 Å². The summed E-state index contributed by atoms with van der Waals surface area (Å²) < 4.78 is 0. The molecule has 2 amide bonds. The number of aromatic nitrogens is 1. The Balaban J connectivity index is 1.65. The van der Waals surface area contributed by atoms with Crippen molar-refractivity contribution in [2.75, 3.05) is 7.05 Å². The van der Waals surface area contributed by atoms with E-state index in [4.69, 9.17) is 0 Å². The molecule has 0 aliphatic carbocycles. The molecule has 0 spiro atoms. The molecule has 0 unspecified atom stereocenters. The third kappa shape index (κ3) is 4.58. The van der Waals surface area contributed by atoms with Gasteiger partial charge in [-0.25, -0.2) is 0 Å². The van der Waals surface area contributed by atoms with Crippen LogP contribution in [-0.2, 0) is 17.9 Å². The predicted molar refractivity (Wildman–Crippen MR) is 106 cm³/mol. The highest BCUT2D eigenvalue weighted by Gasteiger charge is 2.12. The number of fused-ring (bicyclic) bond motifs is 1. The van der Waals surface area contributed by atoms with Crippen molar-refractivity contribution in [2.24, 2.45) is 0 Å². The van der Waals surface area contributed by atoms with Gasteiger partial charge in [-0.3, -0.25) is 14.6 Å². The molecule has 27 heavy (non-hydrogen) atoms. The van der Waals surface area contributed by atoms with E-state index in [2.05, 4.69) is 22.9 Å². The lowest BCUT2D eigenvalue weighted by Gasteiger charge is -2.18. The number of hydrogen-bond donors (Lipinski definition) is 1. The third-order valence-electron chi connectivity index (χ3n) is 4.32. The van der Waals surface area contributed by atoms with Crippen molar-refractivity contribution in [3.63, 3.8) is 0 Å². The highest BCUT2D eigenvalue weighted by atomic mass is 16.2. The summed E-state index contributed by atoms with van der Waals surface area (Å²) >= 11 is 0. The largest absolute Gasteiger partial charge is 0.348 e. The van der Waals surface area contributed by atoms with Crippen LogP contribution in [0.15, 0.2) is 73.6 Å². The minimum Gasteiger partial charge on any atom is -0.348 e. The highest BCUT2D eigenvalue weighted by molar-refractivity contribution is 5.94. The Kier molecular flexibility index (Phi) is 5.61. The smallest absolute Gasteiger partial charge is 0.253 e. The van der Waals surface area contributed by atoms with Crippen molar-refractivity contribution in [1.82, 2.24) is 15.2 Å². The summed E-state index contributed by atoms with van der Waals surface area (Å²) in [7, 11) is 1.79. The molecular weight excluding hydrogens is 338 g/mol. The summed E-state index contributed by atoms with van der Waals surface area (Å²) in [6.45, 7) is 4.34. The van der Waals surface area contributed by atoms with Crippen LogP contribution in [0.1, 0.15) is 21.5 Å². The van der Waals surface area contributed by atoms with E-state index in [9.17, 15) is 9.59 Å². The van der Waals surface area contributed by atoms with Crippen molar-refractivity contribution in [3.8, 4) is 0 Å². The zero-order chi connectivity index (χ0) is 19.2. The minimum absolute atomic E-state index is 0.0495. The summed E-state index contributed by atoms with van der Waals surface area (Å²) in [5.41, 5.74) is 2.60. The van der Waals surface area contributed by atoms with E-state index in [0.717, 1.165) is 21.9 Å². The van der Waals surface area contributed by atoms with E-state index in [1.165, 1.54) is 6.08 Å². The second kappa shape index (κ2) is 8.27. The SMILES string of the molecule is C=CC(=O)NCc1ccc(C(=O)N(C)Cc2ccc3cnccc3c2)cc1. The number of amides is 2. The number of carbonyl (C=O) groups is 2. The van der Waals surface area contributed by atoms with Gasteiger partial charge >= 0.3 is 0 Å². The van der Waals surface area contributed by atoms with Crippen LogP contribution >= 0.6 is 0 Å². The maximum absolute atomic E-state index is 12.7. The fraction of sp³-hybridized carbons (Fsp3) is 0.136. The van der Waals surface area contributed by atoms with E-state index >= 15 is 0 Å². The number of benzene rings is 2. The molecule has 1 N–H and O–H groups in total. The fourth-order valence-corrected chi connectivity index (χ4v) is 2.82. The van der Waals surface area contributed by atoms with Crippen LogP contribution in [0.3, 0.4) is 0 Å². The molecule has 0 atom stereocenters. The number of nitrogens with one attached hydrogen (secondary N) is 1. The Hall–Kier alpha value is -3.47. The van der Waals surface area contributed by atoms with Crippen LogP contribution in [0.2, 0.25) is 0 Å². The predicted octanol–water partition coefficient (Wildman–Crippen LogP) is 3.31. The topological polar surface area (TPSA) is 62.3 Å². The Morgan fingerprint density at radius 1 is 1.07 bits per heavy atom. The number of carbonyl (C=O) groups excluding carboxylic acids is 2. The molecule has 0 aliphatic heterocycles. The summed E-state index contributed by atoms with van der Waals surface area (Å²) in [5.74, 6) is -0.271. The lowest BCUT2D eigenvalue weighted by atomic mass is 10.1. The zero-order valence-electron chi connectivity index (χ0n) is 15.2. The standard InChI is InChI=1S/C22H21N3O2/c1-3-21(26)24-13-16-4-7-18(8-5-16)22(27)25(2)15-17-6-9-20-14-23-11-10-19(20)12-17/h3-12,14H,1,13,15H2,2H3,(H,24,26). The summed E-state index contributed by atoms with van der Waals surface area (Å²) in [6.07, 6.45) is 4.82.